The Bertz CT molecular complexity index is 1010. The highest BCUT2D eigenvalue weighted by Gasteiger charge is 2.33. The predicted octanol–water partition coefficient (Wildman–Crippen LogP) is 4.29. The van der Waals surface area contributed by atoms with Crippen molar-refractivity contribution in [2.24, 2.45) is 5.92 Å². The molecule has 1 aromatic heterocycles. The number of methoxy groups -OCH3 is 2. The maximum Gasteiger partial charge on any atom is 0.354 e. The summed E-state index contributed by atoms with van der Waals surface area (Å²) in [6.45, 7) is 12.2. The van der Waals surface area contributed by atoms with Gasteiger partial charge in [0.25, 0.3) is 5.91 Å². The largest absolute Gasteiger partial charge is 0.497 e. The molecule has 7 nitrogen and oxygen atoms in total. The van der Waals surface area contributed by atoms with E-state index in [0.29, 0.717) is 46.9 Å². The van der Waals surface area contributed by atoms with Crippen LogP contribution in [0.4, 0.5) is 0 Å². The number of hydrogen-bond donors (Lipinski definition) is 0. The van der Waals surface area contributed by atoms with Crippen molar-refractivity contribution < 1.29 is 23.9 Å². The lowest BCUT2D eigenvalue weighted by molar-refractivity contribution is 0.0586. The molecule has 0 saturated carbocycles. The molecule has 174 valence electrons. The van der Waals surface area contributed by atoms with Gasteiger partial charge in [-0.25, -0.2) is 4.79 Å². The van der Waals surface area contributed by atoms with Gasteiger partial charge in [0.2, 0.25) is 0 Å². The Morgan fingerprint density at radius 3 is 2.28 bits per heavy atom. The fourth-order valence-corrected chi connectivity index (χ4v) is 4.10. The van der Waals surface area contributed by atoms with E-state index >= 15 is 0 Å². The maximum atomic E-state index is 13.7. The van der Waals surface area contributed by atoms with E-state index in [0.717, 1.165) is 0 Å². The van der Waals surface area contributed by atoms with Crippen molar-refractivity contribution in [2.45, 2.75) is 54.1 Å². The fourth-order valence-electron chi connectivity index (χ4n) is 4.10. The summed E-state index contributed by atoms with van der Waals surface area (Å²) in [6, 6.07) is 6.20. The number of esters is 1. The minimum atomic E-state index is -0.716. The summed E-state index contributed by atoms with van der Waals surface area (Å²) in [6.07, 6.45) is 0. The Labute approximate surface area is 190 Å². The normalized spacial score (nSPS) is 11.9. The third kappa shape index (κ3) is 4.87. The molecule has 0 aliphatic carbocycles. The third-order valence-corrected chi connectivity index (χ3v) is 5.69. The highest BCUT2D eigenvalue weighted by Crippen LogP contribution is 2.26. The zero-order chi connectivity index (χ0) is 24.2. The highest BCUT2D eigenvalue weighted by molar-refractivity contribution is 6.07. The minimum absolute atomic E-state index is 0.160. The summed E-state index contributed by atoms with van der Waals surface area (Å²) < 4.78 is 12.0. The van der Waals surface area contributed by atoms with Gasteiger partial charge < -0.3 is 18.9 Å². The number of benzene rings is 1. The Morgan fingerprint density at radius 1 is 1.09 bits per heavy atom. The average molecular weight is 443 g/mol. The molecular formula is C25H34N2O5. The van der Waals surface area contributed by atoms with Crippen LogP contribution >= 0.6 is 0 Å². The van der Waals surface area contributed by atoms with Gasteiger partial charge in [-0.2, -0.15) is 0 Å². The van der Waals surface area contributed by atoms with Crippen molar-refractivity contribution in [3.05, 3.63) is 52.3 Å². The summed E-state index contributed by atoms with van der Waals surface area (Å²) in [5.74, 6) is -0.182. The van der Waals surface area contributed by atoms with Crippen molar-refractivity contribution in [2.75, 3.05) is 20.8 Å². The first-order valence-corrected chi connectivity index (χ1v) is 10.9. The molecular weight excluding hydrogens is 408 g/mol. The summed E-state index contributed by atoms with van der Waals surface area (Å²) in [5.41, 5.74) is 2.57. The first-order chi connectivity index (χ1) is 15.1. The van der Waals surface area contributed by atoms with E-state index in [1.807, 2.05) is 27.7 Å². The SMILES string of the molecule is CCn1c(C)c(C(=O)C(C)N(CC(C)C)C(=O)c2cccc(OC)c2)c(C)c1C(=O)OC. The van der Waals surface area contributed by atoms with E-state index in [1.54, 1.807) is 54.7 Å². The quantitative estimate of drug-likeness (QED) is 0.428. The number of aromatic nitrogens is 1. The van der Waals surface area contributed by atoms with E-state index in [1.165, 1.54) is 7.11 Å². The highest BCUT2D eigenvalue weighted by atomic mass is 16.5. The number of nitrogens with zero attached hydrogens (tertiary/aromatic N) is 2. The molecule has 0 bridgehead atoms. The smallest absolute Gasteiger partial charge is 0.354 e. The van der Waals surface area contributed by atoms with E-state index in [-0.39, 0.29) is 17.6 Å². The van der Waals surface area contributed by atoms with Gasteiger partial charge >= 0.3 is 5.97 Å². The summed E-state index contributed by atoms with van der Waals surface area (Å²) in [4.78, 5) is 41.1. The van der Waals surface area contributed by atoms with Crippen LogP contribution in [0, 0.1) is 19.8 Å². The van der Waals surface area contributed by atoms with Crippen LogP contribution < -0.4 is 4.74 Å². The second-order valence-corrected chi connectivity index (χ2v) is 8.29. The maximum absolute atomic E-state index is 13.7. The summed E-state index contributed by atoms with van der Waals surface area (Å²) >= 11 is 0. The predicted molar refractivity (Wildman–Crippen MR) is 124 cm³/mol. The molecule has 0 spiro atoms. The molecule has 1 amide bonds. The Morgan fingerprint density at radius 2 is 1.75 bits per heavy atom. The summed E-state index contributed by atoms with van der Waals surface area (Å²) in [7, 11) is 2.87. The number of rotatable bonds is 9. The van der Waals surface area contributed by atoms with Crippen molar-refractivity contribution >= 4 is 17.7 Å². The van der Waals surface area contributed by atoms with Gasteiger partial charge in [0, 0.05) is 29.9 Å². The molecule has 1 heterocycles. The van der Waals surface area contributed by atoms with Gasteiger partial charge in [-0.1, -0.05) is 19.9 Å². The molecule has 0 radical (unpaired) electrons. The zero-order valence-corrected chi connectivity index (χ0v) is 20.3. The van der Waals surface area contributed by atoms with Crippen LogP contribution in [0.5, 0.6) is 5.75 Å². The van der Waals surface area contributed by atoms with Gasteiger partial charge in [-0.15, -0.1) is 0 Å². The summed E-state index contributed by atoms with van der Waals surface area (Å²) in [5, 5.41) is 0. The molecule has 1 aromatic carbocycles. The molecule has 2 rings (SSSR count). The van der Waals surface area contributed by atoms with Crippen LogP contribution in [-0.4, -0.2) is 53.9 Å². The fraction of sp³-hybridized carbons (Fsp3) is 0.480. The number of carbonyl (C=O) groups is 3. The van der Waals surface area contributed by atoms with E-state index < -0.39 is 12.0 Å². The molecule has 7 heteroatoms. The molecule has 1 atom stereocenters. The average Bonchev–Trinajstić information content (AvgIpc) is 3.04. The van der Waals surface area contributed by atoms with Crippen LogP contribution in [0.25, 0.3) is 0 Å². The number of amides is 1. The lowest BCUT2D eigenvalue weighted by atomic mass is 9.98. The van der Waals surface area contributed by atoms with Crippen molar-refractivity contribution in [3.63, 3.8) is 0 Å². The van der Waals surface area contributed by atoms with Crippen molar-refractivity contribution in [1.82, 2.24) is 9.47 Å². The van der Waals surface area contributed by atoms with E-state index in [2.05, 4.69) is 0 Å². The van der Waals surface area contributed by atoms with Gasteiger partial charge in [0.05, 0.1) is 20.3 Å². The number of ether oxygens (including phenoxy) is 2. The lowest BCUT2D eigenvalue weighted by Crippen LogP contribution is -2.45. The molecule has 1 unspecified atom stereocenters. The van der Waals surface area contributed by atoms with Crippen molar-refractivity contribution in [3.8, 4) is 5.75 Å². The number of Topliss-reactive ketones (excluding diaryl/α,β-unsaturated/α-hetero) is 1. The standard InChI is InChI=1S/C25H34N2O5/c1-9-26-17(5)21(16(4)22(26)25(30)32-8)23(28)18(6)27(14-15(2)3)24(29)19-11-10-12-20(13-19)31-7/h10-13,15,18H,9,14H2,1-8H3. The zero-order valence-electron chi connectivity index (χ0n) is 20.3. The van der Waals surface area contributed by atoms with Gasteiger partial charge in [0.15, 0.2) is 5.78 Å². The minimum Gasteiger partial charge on any atom is -0.497 e. The van der Waals surface area contributed by atoms with Gasteiger partial charge in [-0.05, 0) is 57.4 Å². The third-order valence-electron chi connectivity index (χ3n) is 5.69. The molecule has 32 heavy (non-hydrogen) atoms. The first kappa shape index (κ1) is 25.2. The van der Waals surface area contributed by atoms with E-state index in [9.17, 15) is 14.4 Å². The van der Waals surface area contributed by atoms with Crippen LogP contribution in [-0.2, 0) is 11.3 Å². The first-order valence-electron chi connectivity index (χ1n) is 10.9. The molecule has 0 aliphatic rings. The van der Waals surface area contributed by atoms with Crippen LogP contribution in [0.3, 0.4) is 0 Å². The van der Waals surface area contributed by atoms with Crippen molar-refractivity contribution in [1.29, 1.82) is 0 Å². The Kier molecular flexibility index (Phi) is 8.25. The number of carbonyl (C=O) groups excluding carboxylic acids is 3. The van der Waals surface area contributed by atoms with Crippen LogP contribution in [0.2, 0.25) is 0 Å². The van der Waals surface area contributed by atoms with Gasteiger partial charge in [-0.3, -0.25) is 9.59 Å². The van der Waals surface area contributed by atoms with Crippen LogP contribution in [0.1, 0.15) is 70.2 Å². The van der Waals surface area contributed by atoms with Crippen LogP contribution in [0.15, 0.2) is 24.3 Å². The molecule has 2 aromatic rings. The monoisotopic (exact) mass is 442 g/mol. The second-order valence-electron chi connectivity index (χ2n) is 8.29. The molecule has 0 saturated heterocycles. The second kappa shape index (κ2) is 10.5. The Hall–Kier alpha value is -3.09. The molecule has 0 N–H and O–H groups in total. The topological polar surface area (TPSA) is 77.8 Å². The van der Waals surface area contributed by atoms with E-state index in [4.69, 9.17) is 9.47 Å². The number of ketones is 1. The molecule has 0 fully saturated rings. The number of hydrogen-bond acceptors (Lipinski definition) is 5. The van der Waals surface area contributed by atoms with Gasteiger partial charge in [0.1, 0.15) is 11.4 Å². The lowest BCUT2D eigenvalue weighted by Gasteiger charge is -2.30. The Balaban J connectivity index is 2.52. The molecule has 0 aliphatic heterocycles.